The van der Waals surface area contributed by atoms with Crippen molar-refractivity contribution in [3.63, 3.8) is 0 Å². The van der Waals surface area contributed by atoms with Crippen LogP contribution in [0.2, 0.25) is 0 Å². The van der Waals surface area contributed by atoms with Gasteiger partial charge in [0.05, 0.1) is 18.9 Å². The molecule has 32 heavy (non-hydrogen) atoms. The lowest BCUT2D eigenvalue weighted by Gasteiger charge is -2.15. The summed E-state index contributed by atoms with van der Waals surface area (Å²) in [6, 6.07) is 12.1. The molecular weight excluding hydrogens is 426 g/mol. The van der Waals surface area contributed by atoms with Crippen molar-refractivity contribution in [3.8, 4) is 11.5 Å². The molecule has 2 aromatic carbocycles. The summed E-state index contributed by atoms with van der Waals surface area (Å²) in [5, 5.41) is 8.62. The lowest BCUT2D eigenvalue weighted by Crippen LogP contribution is -2.34. The highest BCUT2D eigenvalue weighted by Crippen LogP contribution is 2.28. The Morgan fingerprint density at radius 2 is 1.88 bits per heavy atom. The molecule has 0 aromatic heterocycles. The fourth-order valence-corrected chi connectivity index (χ4v) is 3.00. The van der Waals surface area contributed by atoms with Gasteiger partial charge in [0, 0.05) is 23.7 Å². The summed E-state index contributed by atoms with van der Waals surface area (Å²) in [6.07, 6.45) is 3.17. The first-order valence-electron chi connectivity index (χ1n) is 10.7. The molecule has 0 saturated carbocycles. The predicted molar refractivity (Wildman–Crippen MR) is 132 cm³/mol. The van der Waals surface area contributed by atoms with Gasteiger partial charge in [0.25, 0.3) is 5.91 Å². The molecule has 0 aliphatic rings. The predicted octanol–water partition coefficient (Wildman–Crippen LogP) is 5.13. The molecule has 0 fully saturated rings. The van der Waals surface area contributed by atoms with Gasteiger partial charge in [-0.3, -0.25) is 14.9 Å². The molecule has 2 amide bonds. The highest BCUT2D eigenvalue weighted by Gasteiger charge is 2.12. The number of anilines is 2. The first-order chi connectivity index (χ1) is 15.4. The number of hydrogen-bond donors (Lipinski definition) is 3. The van der Waals surface area contributed by atoms with Crippen LogP contribution in [-0.2, 0) is 4.79 Å². The number of ether oxygens (including phenoxy) is 2. The van der Waals surface area contributed by atoms with E-state index in [0.29, 0.717) is 34.9 Å². The largest absolute Gasteiger partial charge is 0.494 e. The second-order valence-corrected chi connectivity index (χ2v) is 7.75. The van der Waals surface area contributed by atoms with Crippen LogP contribution in [0.25, 0.3) is 0 Å². The van der Waals surface area contributed by atoms with Gasteiger partial charge in [0.2, 0.25) is 5.91 Å². The maximum Gasteiger partial charge on any atom is 0.257 e. The van der Waals surface area contributed by atoms with Gasteiger partial charge in [-0.2, -0.15) is 0 Å². The number of methoxy groups -OCH3 is 1. The minimum atomic E-state index is -0.344. The molecule has 0 bridgehead atoms. The van der Waals surface area contributed by atoms with Crippen LogP contribution in [0.4, 0.5) is 11.4 Å². The van der Waals surface area contributed by atoms with Crippen LogP contribution in [0.3, 0.4) is 0 Å². The molecule has 172 valence electrons. The molecule has 2 rings (SSSR count). The van der Waals surface area contributed by atoms with E-state index >= 15 is 0 Å². The summed E-state index contributed by atoms with van der Waals surface area (Å²) in [6.45, 7) is 6.04. The highest BCUT2D eigenvalue weighted by molar-refractivity contribution is 7.80. The second kappa shape index (κ2) is 12.7. The van der Waals surface area contributed by atoms with E-state index < -0.39 is 0 Å². The number of nitrogens with one attached hydrogen (secondary N) is 3. The topological polar surface area (TPSA) is 88.7 Å². The van der Waals surface area contributed by atoms with Gasteiger partial charge < -0.3 is 20.1 Å². The lowest BCUT2D eigenvalue weighted by atomic mass is 10.2. The molecule has 7 nitrogen and oxygen atoms in total. The molecule has 0 unspecified atom stereocenters. The Morgan fingerprint density at radius 1 is 1.09 bits per heavy atom. The van der Waals surface area contributed by atoms with Crippen molar-refractivity contribution in [2.45, 2.75) is 52.6 Å². The number of amides is 2. The smallest absolute Gasteiger partial charge is 0.257 e. The molecular formula is C24H31N3O4S. The number of hydrogen-bond acceptors (Lipinski definition) is 5. The van der Waals surface area contributed by atoms with Crippen molar-refractivity contribution in [3.05, 3.63) is 48.0 Å². The van der Waals surface area contributed by atoms with Crippen molar-refractivity contribution >= 4 is 40.5 Å². The number of carbonyl (C=O) groups excluding carboxylic acids is 2. The van der Waals surface area contributed by atoms with Gasteiger partial charge in [-0.1, -0.05) is 26.3 Å². The zero-order chi connectivity index (χ0) is 23.5. The van der Waals surface area contributed by atoms with Crippen molar-refractivity contribution in [1.82, 2.24) is 5.32 Å². The quantitative estimate of drug-likeness (QED) is 0.429. The third kappa shape index (κ3) is 7.85. The molecule has 0 radical (unpaired) electrons. The van der Waals surface area contributed by atoms with E-state index in [-0.39, 0.29) is 23.0 Å². The summed E-state index contributed by atoms with van der Waals surface area (Å²) < 4.78 is 11.1. The Hall–Kier alpha value is -3.13. The van der Waals surface area contributed by atoms with Crippen LogP contribution in [0.15, 0.2) is 42.5 Å². The Kier molecular flexibility index (Phi) is 9.94. The third-order valence-corrected chi connectivity index (χ3v) is 4.93. The molecule has 0 heterocycles. The summed E-state index contributed by atoms with van der Waals surface area (Å²) >= 11 is 5.28. The Balaban J connectivity index is 1.99. The monoisotopic (exact) mass is 457 g/mol. The van der Waals surface area contributed by atoms with Gasteiger partial charge in [-0.25, -0.2) is 0 Å². The summed E-state index contributed by atoms with van der Waals surface area (Å²) in [5.74, 6) is 0.716. The third-order valence-electron chi connectivity index (χ3n) is 4.73. The van der Waals surface area contributed by atoms with E-state index in [0.717, 1.165) is 19.3 Å². The van der Waals surface area contributed by atoms with Crippen LogP contribution >= 0.6 is 12.2 Å². The average Bonchev–Trinajstić information content (AvgIpc) is 2.78. The number of unbranched alkanes of at least 4 members (excludes halogenated alkanes) is 1. The summed E-state index contributed by atoms with van der Waals surface area (Å²) in [4.78, 5) is 24.6. The zero-order valence-electron chi connectivity index (χ0n) is 19.0. The average molecular weight is 458 g/mol. The van der Waals surface area contributed by atoms with Crippen LogP contribution in [-0.4, -0.2) is 30.1 Å². The van der Waals surface area contributed by atoms with Crippen molar-refractivity contribution in [2.75, 3.05) is 17.7 Å². The normalized spacial score (nSPS) is 11.2. The molecule has 0 aliphatic heterocycles. The van der Waals surface area contributed by atoms with Crippen molar-refractivity contribution < 1.29 is 19.1 Å². The van der Waals surface area contributed by atoms with Crippen LogP contribution in [0, 0.1) is 0 Å². The summed E-state index contributed by atoms with van der Waals surface area (Å²) in [7, 11) is 1.52. The zero-order valence-corrected chi connectivity index (χ0v) is 19.8. The minimum Gasteiger partial charge on any atom is -0.494 e. The van der Waals surface area contributed by atoms with E-state index in [9.17, 15) is 9.59 Å². The second-order valence-electron chi connectivity index (χ2n) is 7.34. The molecule has 0 aliphatic carbocycles. The number of rotatable bonds is 10. The molecule has 1 atom stereocenters. The standard InChI is InChI=1S/C24H31N3O4S/c1-5-7-11-22(28)26-20-13-12-18(15-21(20)30-4)25-24(32)27-23(29)17-9-8-10-19(14-17)31-16(3)6-2/h8-10,12-16H,5-7,11H2,1-4H3,(H,26,28)(H2,25,27,29,32)/t16-/m0/s1. The van der Waals surface area contributed by atoms with E-state index in [1.54, 1.807) is 36.4 Å². The first-order valence-corrected chi connectivity index (χ1v) is 11.1. The molecule has 0 spiro atoms. The summed E-state index contributed by atoms with van der Waals surface area (Å²) in [5.41, 5.74) is 1.64. The fraction of sp³-hybridized carbons (Fsp3) is 0.375. The Bertz CT molecular complexity index is 949. The number of carbonyl (C=O) groups is 2. The molecule has 0 saturated heterocycles. The Morgan fingerprint density at radius 3 is 2.56 bits per heavy atom. The van der Waals surface area contributed by atoms with Crippen LogP contribution in [0.5, 0.6) is 11.5 Å². The van der Waals surface area contributed by atoms with E-state index in [2.05, 4.69) is 16.0 Å². The molecule has 8 heteroatoms. The van der Waals surface area contributed by atoms with Crippen LogP contribution in [0.1, 0.15) is 56.8 Å². The van der Waals surface area contributed by atoms with Crippen molar-refractivity contribution in [2.24, 2.45) is 0 Å². The first kappa shape index (κ1) is 25.1. The fourth-order valence-electron chi connectivity index (χ4n) is 2.79. The van der Waals surface area contributed by atoms with Gasteiger partial charge in [0.15, 0.2) is 5.11 Å². The van der Waals surface area contributed by atoms with Gasteiger partial charge >= 0.3 is 0 Å². The maximum absolute atomic E-state index is 12.6. The Labute approximate surface area is 194 Å². The SMILES string of the molecule is CCCCC(=O)Nc1ccc(NC(=S)NC(=O)c2cccc(O[C@@H](C)CC)c2)cc1OC. The van der Waals surface area contributed by atoms with Gasteiger partial charge in [-0.15, -0.1) is 0 Å². The number of thiocarbonyl (C=S) groups is 1. The molecule has 3 N–H and O–H groups in total. The van der Waals surface area contributed by atoms with E-state index in [1.807, 2.05) is 26.8 Å². The van der Waals surface area contributed by atoms with Gasteiger partial charge in [0.1, 0.15) is 11.5 Å². The van der Waals surface area contributed by atoms with Crippen molar-refractivity contribution in [1.29, 1.82) is 0 Å². The van der Waals surface area contributed by atoms with Gasteiger partial charge in [-0.05, 0) is 62.3 Å². The maximum atomic E-state index is 12.6. The van der Waals surface area contributed by atoms with E-state index in [1.165, 1.54) is 7.11 Å². The molecule has 2 aromatic rings. The lowest BCUT2D eigenvalue weighted by molar-refractivity contribution is -0.116. The minimum absolute atomic E-state index is 0.0606. The highest BCUT2D eigenvalue weighted by atomic mass is 32.1. The van der Waals surface area contributed by atoms with E-state index in [4.69, 9.17) is 21.7 Å². The number of benzene rings is 2. The van der Waals surface area contributed by atoms with Crippen LogP contribution < -0.4 is 25.4 Å².